The Bertz CT molecular complexity index is 931. The van der Waals surface area contributed by atoms with Gasteiger partial charge in [-0.25, -0.2) is 4.79 Å². The van der Waals surface area contributed by atoms with Crippen LogP contribution in [0, 0.1) is 5.92 Å². The number of aromatic amines is 1. The second-order valence-corrected chi connectivity index (χ2v) is 7.35. The molecule has 2 aromatic rings. The highest BCUT2D eigenvalue weighted by molar-refractivity contribution is 7.09. The van der Waals surface area contributed by atoms with Gasteiger partial charge in [-0.05, 0) is 31.2 Å². The number of carbonyl (C=O) groups is 2. The van der Waals surface area contributed by atoms with Crippen LogP contribution >= 0.6 is 11.3 Å². The van der Waals surface area contributed by atoms with Gasteiger partial charge in [0.2, 0.25) is 0 Å². The molecular formula is C18H21N3O5S. The number of ether oxygens (including phenoxy) is 1. The van der Waals surface area contributed by atoms with Crippen molar-refractivity contribution in [2.45, 2.75) is 26.3 Å². The van der Waals surface area contributed by atoms with E-state index < -0.39 is 23.1 Å². The lowest BCUT2D eigenvalue weighted by Gasteiger charge is -2.31. The summed E-state index contributed by atoms with van der Waals surface area (Å²) < 4.78 is 6.06. The standard InChI is InChI=1S/C18H21N3O5S/c1-2-26-17(24)12-5-3-7-20(10-12)15(22)14-9-19-18(25)21(16(14)23)11-13-6-4-8-27-13/h4,6,8-9,12H,2-3,5,7,10-11H2,1H3,(H,19,25). The number of rotatable bonds is 5. The van der Waals surface area contributed by atoms with Gasteiger partial charge in [0.1, 0.15) is 5.56 Å². The first-order valence-electron chi connectivity index (χ1n) is 8.82. The second-order valence-electron chi connectivity index (χ2n) is 6.32. The van der Waals surface area contributed by atoms with Crippen molar-refractivity contribution in [3.05, 3.63) is 55.0 Å². The number of esters is 1. The van der Waals surface area contributed by atoms with Crippen LogP contribution in [0.15, 0.2) is 33.3 Å². The molecule has 0 radical (unpaired) electrons. The highest BCUT2D eigenvalue weighted by Crippen LogP contribution is 2.19. The first-order valence-corrected chi connectivity index (χ1v) is 9.70. The summed E-state index contributed by atoms with van der Waals surface area (Å²) in [5.41, 5.74) is -1.29. The SMILES string of the molecule is CCOC(=O)C1CCCN(C(=O)c2c[nH]c(=O)n(Cc3cccs3)c2=O)C1. The molecule has 0 saturated carbocycles. The minimum Gasteiger partial charge on any atom is -0.466 e. The summed E-state index contributed by atoms with van der Waals surface area (Å²) in [6.07, 6.45) is 2.46. The van der Waals surface area contributed by atoms with Crippen molar-refractivity contribution in [1.82, 2.24) is 14.5 Å². The third-order valence-electron chi connectivity index (χ3n) is 4.51. The lowest BCUT2D eigenvalue weighted by Crippen LogP contribution is -2.46. The van der Waals surface area contributed by atoms with E-state index >= 15 is 0 Å². The molecule has 0 spiro atoms. The van der Waals surface area contributed by atoms with Crippen LogP contribution in [-0.2, 0) is 16.1 Å². The van der Waals surface area contributed by atoms with Gasteiger partial charge in [0.15, 0.2) is 0 Å². The number of amides is 1. The molecule has 1 atom stereocenters. The molecule has 2 aromatic heterocycles. The molecule has 0 aliphatic carbocycles. The number of thiophene rings is 1. The number of nitrogens with zero attached hydrogens (tertiary/aromatic N) is 2. The van der Waals surface area contributed by atoms with Crippen LogP contribution in [0.5, 0.6) is 0 Å². The number of aromatic nitrogens is 2. The third-order valence-corrected chi connectivity index (χ3v) is 5.37. The van der Waals surface area contributed by atoms with Crippen LogP contribution in [-0.4, -0.2) is 46.0 Å². The quantitative estimate of drug-likeness (QED) is 0.768. The van der Waals surface area contributed by atoms with E-state index in [9.17, 15) is 19.2 Å². The second kappa shape index (κ2) is 8.34. The van der Waals surface area contributed by atoms with Gasteiger partial charge in [-0.2, -0.15) is 0 Å². The van der Waals surface area contributed by atoms with E-state index in [1.54, 1.807) is 6.92 Å². The third kappa shape index (κ3) is 4.19. The Morgan fingerprint density at radius 1 is 1.37 bits per heavy atom. The number of hydrogen-bond donors (Lipinski definition) is 1. The normalized spacial score (nSPS) is 16.9. The predicted molar refractivity (Wildman–Crippen MR) is 100 cm³/mol. The first kappa shape index (κ1) is 19.1. The fourth-order valence-electron chi connectivity index (χ4n) is 3.15. The lowest BCUT2D eigenvalue weighted by atomic mass is 9.97. The van der Waals surface area contributed by atoms with E-state index in [1.807, 2.05) is 17.5 Å². The average molecular weight is 391 g/mol. The monoisotopic (exact) mass is 391 g/mol. The number of likely N-dealkylation sites (tertiary alicyclic amines) is 1. The van der Waals surface area contributed by atoms with Gasteiger partial charge >= 0.3 is 11.7 Å². The molecule has 144 valence electrons. The van der Waals surface area contributed by atoms with E-state index in [0.717, 1.165) is 15.6 Å². The predicted octanol–water partition coefficient (Wildman–Crippen LogP) is 1.06. The van der Waals surface area contributed by atoms with Crippen LogP contribution in [0.3, 0.4) is 0 Å². The summed E-state index contributed by atoms with van der Waals surface area (Å²) in [4.78, 5) is 54.4. The van der Waals surface area contributed by atoms with Gasteiger partial charge in [-0.3, -0.25) is 19.0 Å². The number of hydrogen-bond acceptors (Lipinski definition) is 6. The number of piperidine rings is 1. The molecule has 9 heteroatoms. The topological polar surface area (TPSA) is 101 Å². The van der Waals surface area contributed by atoms with Crippen molar-refractivity contribution < 1.29 is 14.3 Å². The minimum absolute atomic E-state index is 0.101. The maximum absolute atomic E-state index is 12.9. The maximum atomic E-state index is 12.9. The van der Waals surface area contributed by atoms with Crippen molar-refractivity contribution in [3.8, 4) is 0 Å². The molecular weight excluding hydrogens is 370 g/mol. The summed E-state index contributed by atoms with van der Waals surface area (Å²) in [6.45, 7) is 2.80. The Labute approximate surface area is 159 Å². The van der Waals surface area contributed by atoms with Crippen molar-refractivity contribution in [3.63, 3.8) is 0 Å². The van der Waals surface area contributed by atoms with Gasteiger partial charge in [0.25, 0.3) is 11.5 Å². The highest BCUT2D eigenvalue weighted by Gasteiger charge is 2.31. The Morgan fingerprint density at radius 2 is 2.19 bits per heavy atom. The molecule has 27 heavy (non-hydrogen) atoms. The summed E-state index contributed by atoms with van der Waals surface area (Å²) in [5.74, 6) is -1.20. The molecule has 1 saturated heterocycles. The van der Waals surface area contributed by atoms with Gasteiger partial charge in [-0.1, -0.05) is 6.07 Å². The Balaban J connectivity index is 1.83. The molecule has 1 fully saturated rings. The molecule has 3 heterocycles. The molecule has 0 aromatic carbocycles. The molecule has 3 rings (SSSR count). The number of nitrogens with one attached hydrogen (secondary N) is 1. The van der Waals surface area contributed by atoms with Crippen molar-refractivity contribution >= 4 is 23.2 Å². The summed E-state index contributed by atoms with van der Waals surface area (Å²) >= 11 is 1.43. The summed E-state index contributed by atoms with van der Waals surface area (Å²) in [5, 5.41) is 1.85. The Hall–Kier alpha value is -2.68. The number of carbonyl (C=O) groups excluding carboxylic acids is 2. The van der Waals surface area contributed by atoms with Gasteiger partial charge in [0.05, 0.1) is 19.1 Å². The van der Waals surface area contributed by atoms with Crippen molar-refractivity contribution in [2.75, 3.05) is 19.7 Å². The molecule has 8 nitrogen and oxygen atoms in total. The molecule has 1 aliphatic rings. The van der Waals surface area contributed by atoms with Crippen LogP contribution in [0.25, 0.3) is 0 Å². The largest absolute Gasteiger partial charge is 0.466 e. The molecule has 0 bridgehead atoms. The smallest absolute Gasteiger partial charge is 0.328 e. The van der Waals surface area contributed by atoms with E-state index in [-0.39, 0.29) is 31.2 Å². The fourth-order valence-corrected chi connectivity index (χ4v) is 3.84. The Morgan fingerprint density at radius 3 is 2.89 bits per heavy atom. The summed E-state index contributed by atoms with van der Waals surface area (Å²) in [7, 11) is 0. The average Bonchev–Trinajstić information content (AvgIpc) is 3.18. The molecule has 1 amide bonds. The number of H-pyrrole nitrogens is 1. The summed E-state index contributed by atoms with van der Waals surface area (Å²) in [6, 6.07) is 3.65. The van der Waals surface area contributed by atoms with Crippen LogP contribution in [0.1, 0.15) is 35.0 Å². The first-order chi connectivity index (χ1) is 13.0. The van der Waals surface area contributed by atoms with E-state index in [0.29, 0.717) is 19.4 Å². The Kier molecular flexibility index (Phi) is 5.90. The highest BCUT2D eigenvalue weighted by atomic mass is 32.1. The van der Waals surface area contributed by atoms with Gasteiger partial charge in [0, 0.05) is 24.2 Å². The van der Waals surface area contributed by atoms with Gasteiger partial charge in [-0.15, -0.1) is 11.3 Å². The maximum Gasteiger partial charge on any atom is 0.328 e. The van der Waals surface area contributed by atoms with Crippen LogP contribution < -0.4 is 11.2 Å². The van der Waals surface area contributed by atoms with E-state index in [1.165, 1.54) is 16.2 Å². The lowest BCUT2D eigenvalue weighted by molar-refractivity contribution is -0.149. The van der Waals surface area contributed by atoms with E-state index in [2.05, 4.69) is 4.98 Å². The van der Waals surface area contributed by atoms with E-state index in [4.69, 9.17) is 4.74 Å². The zero-order chi connectivity index (χ0) is 19.4. The minimum atomic E-state index is -0.629. The zero-order valence-electron chi connectivity index (χ0n) is 15.0. The zero-order valence-corrected chi connectivity index (χ0v) is 15.8. The van der Waals surface area contributed by atoms with Gasteiger partial charge < -0.3 is 14.6 Å². The molecule has 1 aliphatic heterocycles. The van der Waals surface area contributed by atoms with Crippen molar-refractivity contribution in [2.24, 2.45) is 5.92 Å². The van der Waals surface area contributed by atoms with Crippen LogP contribution in [0.2, 0.25) is 0 Å². The molecule has 1 N–H and O–H groups in total. The fraction of sp³-hybridized carbons (Fsp3) is 0.444. The molecule has 1 unspecified atom stereocenters. The van der Waals surface area contributed by atoms with Crippen molar-refractivity contribution in [1.29, 1.82) is 0 Å². The van der Waals surface area contributed by atoms with Crippen LogP contribution in [0.4, 0.5) is 0 Å².